The van der Waals surface area contributed by atoms with Crippen molar-refractivity contribution < 1.29 is 9.90 Å². The Bertz CT molecular complexity index is 531. The second kappa shape index (κ2) is 6.19. The molecule has 4 nitrogen and oxygen atoms in total. The molecule has 0 saturated carbocycles. The molecule has 1 amide bonds. The number of hydrogen-bond donors (Lipinski definition) is 1. The predicted molar refractivity (Wildman–Crippen MR) is 79.5 cm³/mol. The van der Waals surface area contributed by atoms with E-state index in [0.29, 0.717) is 31.5 Å². The number of thioether (sulfide) groups is 1. The largest absolute Gasteiger partial charge is 0.508 e. The summed E-state index contributed by atoms with van der Waals surface area (Å²) in [5, 5.41) is 18.9. The van der Waals surface area contributed by atoms with Crippen molar-refractivity contribution in [3.63, 3.8) is 0 Å². The maximum absolute atomic E-state index is 12.2. The standard InChI is InChI=1S/C15H18N2O2S/c1-20-15(11-16)6-8-17(9-7-15)14(19)10-12-4-2-3-5-13(12)18/h2-5,18H,6-10H2,1H3. The van der Waals surface area contributed by atoms with E-state index in [1.54, 1.807) is 34.9 Å². The first kappa shape index (κ1) is 14.7. The maximum Gasteiger partial charge on any atom is 0.227 e. The van der Waals surface area contributed by atoms with Gasteiger partial charge in [0.15, 0.2) is 0 Å². The highest BCUT2D eigenvalue weighted by atomic mass is 32.2. The van der Waals surface area contributed by atoms with E-state index in [4.69, 9.17) is 0 Å². The third kappa shape index (κ3) is 3.07. The fraction of sp³-hybridized carbons (Fsp3) is 0.467. The van der Waals surface area contributed by atoms with E-state index in [1.165, 1.54) is 0 Å². The molecule has 1 saturated heterocycles. The summed E-state index contributed by atoms with van der Waals surface area (Å²) >= 11 is 1.57. The number of hydrogen-bond acceptors (Lipinski definition) is 4. The number of para-hydroxylation sites is 1. The maximum atomic E-state index is 12.2. The normalized spacial score (nSPS) is 17.5. The Kier molecular flexibility index (Phi) is 4.56. The minimum Gasteiger partial charge on any atom is -0.508 e. The Morgan fingerprint density at radius 1 is 1.45 bits per heavy atom. The van der Waals surface area contributed by atoms with Gasteiger partial charge in [-0.2, -0.15) is 5.26 Å². The Morgan fingerprint density at radius 3 is 2.65 bits per heavy atom. The van der Waals surface area contributed by atoms with Gasteiger partial charge in [-0.3, -0.25) is 4.79 Å². The van der Waals surface area contributed by atoms with Crippen LogP contribution in [-0.4, -0.2) is 40.0 Å². The zero-order chi connectivity index (χ0) is 14.6. The molecule has 106 valence electrons. The van der Waals surface area contributed by atoms with Crippen LogP contribution >= 0.6 is 11.8 Å². The molecule has 1 heterocycles. The molecule has 0 radical (unpaired) electrons. The third-order valence-corrected chi connectivity index (χ3v) is 5.13. The number of aromatic hydroxyl groups is 1. The molecule has 1 aromatic rings. The minimum absolute atomic E-state index is 0.0131. The number of carbonyl (C=O) groups is 1. The second-order valence-corrected chi connectivity index (χ2v) is 6.19. The van der Waals surface area contributed by atoms with E-state index in [2.05, 4.69) is 6.07 Å². The molecule has 20 heavy (non-hydrogen) atoms. The summed E-state index contributed by atoms with van der Waals surface area (Å²) in [5.41, 5.74) is 0.652. The number of phenolic OH excluding ortho intramolecular Hbond substituents is 1. The SMILES string of the molecule is CSC1(C#N)CCN(C(=O)Cc2ccccc2O)CC1. The fourth-order valence-electron chi connectivity index (χ4n) is 2.41. The summed E-state index contributed by atoms with van der Waals surface area (Å²) in [4.78, 5) is 14.0. The van der Waals surface area contributed by atoms with E-state index in [9.17, 15) is 15.2 Å². The Morgan fingerprint density at radius 2 is 2.10 bits per heavy atom. The van der Waals surface area contributed by atoms with Crippen LogP contribution in [0.15, 0.2) is 24.3 Å². The first-order chi connectivity index (χ1) is 9.60. The summed E-state index contributed by atoms with van der Waals surface area (Å²) < 4.78 is -0.342. The van der Waals surface area contributed by atoms with Crippen LogP contribution in [-0.2, 0) is 11.2 Å². The summed E-state index contributed by atoms with van der Waals surface area (Å²) in [7, 11) is 0. The van der Waals surface area contributed by atoms with Gasteiger partial charge in [0, 0.05) is 18.7 Å². The summed E-state index contributed by atoms with van der Waals surface area (Å²) in [6.07, 6.45) is 3.57. The van der Waals surface area contributed by atoms with Crippen molar-refractivity contribution in [2.75, 3.05) is 19.3 Å². The van der Waals surface area contributed by atoms with E-state index < -0.39 is 0 Å². The van der Waals surface area contributed by atoms with Crippen molar-refractivity contribution in [3.05, 3.63) is 29.8 Å². The minimum atomic E-state index is -0.342. The lowest BCUT2D eigenvalue weighted by Gasteiger charge is -2.36. The van der Waals surface area contributed by atoms with Crippen LogP contribution in [0.4, 0.5) is 0 Å². The van der Waals surface area contributed by atoms with Gasteiger partial charge < -0.3 is 10.0 Å². The monoisotopic (exact) mass is 290 g/mol. The molecule has 1 N–H and O–H groups in total. The van der Waals surface area contributed by atoms with Gasteiger partial charge in [0.05, 0.1) is 12.5 Å². The van der Waals surface area contributed by atoms with E-state index in [-0.39, 0.29) is 22.8 Å². The first-order valence-corrected chi connectivity index (χ1v) is 7.84. The van der Waals surface area contributed by atoms with E-state index in [0.717, 1.165) is 0 Å². The molecule has 1 fully saturated rings. The number of nitrogens with zero attached hydrogens (tertiary/aromatic N) is 2. The van der Waals surface area contributed by atoms with E-state index in [1.807, 2.05) is 12.3 Å². The van der Waals surface area contributed by atoms with Crippen LogP contribution in [0.25, 0.3) is 0 Å². The van der Waals surface area contributed by atoms with E-state index >= 15 is 0 Å². The van der Waals surface area contributed by atoms with Crippen LogP contribution in [0.1, 0.15) is 18.4 Å². The molecule has 0 aliphatic carbocycles. The molecule has 5 heteroatoms. The van der Waals surface area contributed by atoms with Gasteiger partial charge >= 0.3 is 0 Å². The van der Waals surface area contributed by atoms with Crippen molar-refractivity contribution in [1.82, 2.24) is 4.90 Å². The summed E-state index contributed by atoms with van der Waals surface area (Å²) in [6.45, 7) is 1.22. The Labute approximate surface area is 123 Å². The fourth-order valence-corrected chi connectivity index (χ4v) is 3.10. The lowest BCUT2D eigenvalue weighted by Crippen LogP contribution is -2.44. The molecular weight excluding hydrogens is 272 g/mol. The number of nitriles is 1. The Balaban J connectivity index is 1.96. The van der Waals surface area contributed by atoms with Crippen molar-refractivity contribution in [1.29, 1.82) is 5.26 Å². The molecule has 0 aromatic heterocycles. The van der Waals surface area contributed by atoms with Gasteiger partial charge in [0.2, 0.25) is 5.91 Å². The molecule has 0 atom stereocenters. The summed E-state index contributed by atoms with van der Waals surface area (Å²) in [5.74, 6) is 0.174. The number of benzene rings is 1. The summed E-state index contributed by atoms with van der Waals surface area (Å²) in [6, 6.07) is 9.28. The van der Waals surface area contributed by atoms with Crippen LogP contribution < -0.4 is 0 Å². The number of likely N-dealkylation sites (tertiary alicyclic amines) is 1. The first-order valence-electron chi connectivity index (χ1n) is 6.61. The number of phenols is 1. The highest BCUT2D eigenvalue weighted by molar-refractivity contribution is 8.00. The number of rotatable bonds is 3. The average Bonchev–Trinajstić information content (AvgIpc) is 2.49. The van der Waals surface area contributed by atoms with Crippen molar-refractivity contribution in [2.45, 2.75) is 24.0 Å². The second-order valence-electron chi connectivity index (χ2n) is 5.00. The predicted octanol–water partition coefficient (Wildman–Crippen LogP) is 2.18. The van der Waals surface area contributed by atoms with Gasteiger partial charge in [-0.1, -0.05) is 18.2 Å². The van der Waals surface area contributed by atoms with Gasteiger partial charge in [-0.25, -0.2) is 0 Å². The molecule has 2 rings (SSSR count). The number of amides is 1. The molecule has 0 spiro atoms. The lowest BCUT2D eigenvalue weighted by atomic mass is 9.96. The molecular formula is C15H18N2O2S. The quantitative estimate of drug-likeness (QED) is 0.926. The van der Waals surface area contributed by atoms with Crippen LogP contribution in [0.5, 0.6) is 5.75 Å². The van der Waals surface area contributed by atoms with Gasteiger partial charge in [-0.05, 0) is 25.2 Å². The highest BCUT2D eigenvalue weighted by Gasteiger charge is 2.35. The van der Waals surface area contributed by atoms with Crippen LogP contribution in [0, 0.1) is 11.3 Å². The third-order valence-electron chi connectivity index (χ3n) is 3.85. The molecule has 0 unspecified atom stereocenters. The van der Waals surface area contributed by atoms with Crippen molar-refractivity contribution in [3.8, 4) is 11.8 Å². The average molecular weight is 290 g/mol. The van der Waals surface area contributed by atoms with Crippen LogP contribution in [0.2, 0.25) is 0 Å². The van der Waals surface area contributed by atoms with Crippen molar-refractivity contribution in [2.24, 2.45) is 0 Å². The number of piperidine rings is 1. The van der Waals surface area contributed by atoms with Gasteiger partial charge in [0.25, 0.3) is 0 Å². The van der Waals surface area contributed by atoms with Gasteiger partial charge in [-0.15, -0.1) is 11.8 Å². The molecule has 0 bridgehead atoms. The Hall–Kier alpha value is -1.67. The zero-order valence-corrected chi connectivity index (χ0v) is 12.3. The number of carbonyl (C=O) groups excluding carboxylic acids is 1. The smallest absolute Gasteiger partial charge is 0.227 e. The van der Waals surface area contributed by atoms with Gasteiger partial charge in [0.1, 0.15) is 10.5 Å². The molecule has 1 aliphatic heterocycles. The molecule has 1 aromatic carbocycles. The highest BCUT2D eigenvalue weighted by Crippen LogP contribution is 2.34. The zero-order valence-electron chi connectivity index (χ0n) is 11.5. The van der Waals surface area contributed by atoms with Crippen LogP contribution in [0.3, 0.4) is 0 Å². The lowest BCUT2D eigenvalue weighted by molar-refractivity contribution is -0.131. The van der Waals surface area contributed by atoms with Crippen molar-refractivity contribution >= 4 is 17.7 Å². The molecule has 1 aliphatic rings. The topological polar surface area (TPSA) is 64.3 Å².